The molecule has 1 atom stereocenters. The van der Waals surface area contributed by atoms with E-state index in [1.165, 1.54) is 11.3 Å². The molecule has 1 aliphatic rings. The largest absolute Gasteiger partial charge is 0.381 e. The highest BCUT2D eigenvalue weighted by atomic mass is 32.1. The van der Waals surface area contributed by atoms with Crippen LogP contribution >= 0.6 is 11.3 Å². The summed E-state index contributed by atoms with van der Waals surface area (Å²) < 4.78 is 5.38. The zero-order valence-corrected chi connectivity index (χ0v) is 7.64. The second-order valence-electron chi connectivity index (χ2n) is 3.01. The minimum absolute atomic E-state index is 0.536. The summed E-state index contributed by atoms with van der Waals surface area (Å²) in [6, 6.07) is 0. The molecule has 12 heavy (non-hydrogen) atoms. The molecule has 0 saturated carbocycles. The van der Waals surface area contributed by atoms with E-state index >= 15 is 0 Å². The van der Waals surface area contributed by atoms with Crippen LogP contribution in [0.5, 0.6) is 0 Å². The molecular weight excluding hydrogens is 172 g/mol. The van der Waals surface area contributed by atoms with Gasteiger partial charge in [0.05, 0.1) is 6.61 Å². The van der Waals surface area contributed by atoms with Crippen LogP contribution in [0, 0.1) is 0 Å². The fourth-order valence-electron chi connectivity index (χ4n) is 1.45. The van der Waals surface area contributed by atoms with Crippen LogP contribution in [0.15, 0.2) is 6.20 Å². The van der Waals surface area contributed by atoms with E-state index < -0.39 is 0 Å². The quantitative estimate of drug-likeness (QED) is 0.721. The van der Waals surface area contributed by atoms with E-state index in [4.69, 9.17) is 10.5 Å². The highest BCUT2D eigenvalue weighted by molar-refractivity contribution is 7.15. The third-order valence-corrected chi connectivity index (χ3v) is 3.09. The van der Waals surface area contributed by atoms with Crippen LogP contribution in [0.25, 0.3) is 0 Å². The first kappa shape index (κ1) is 8.01. The van der Waals surface area contributed by atoms with Crippen LogP contribution in [0.2, 0.25) is 0 Å². The minimum Gasteiger partial charge on any atom is -0.381 e. The summed E-state index contributed by atoms with van der Waals surface area (Å²) in [5, 5.41) is 0.663. The number of hydrogen-bond acceptors (Lipinski definition) is 4. The molecule has 0 aromatic carbocycles. The fourth-order valence-corrected chi connectivity index (χ4v) is 2.26. The Kier molecular flexibility index (Phi) is 2.28. The number of aromatic nitrogens is 1. The molecule has 0 spiro atoms. The van der Waals surface area contributed by atoms with Gasteiger partial charge in [0.15, 0.2) is 5.13 Å². The number of rotatable bonds is 1. The molecule has 3 nitrogen and oxygen atoms in total. The third-order valence-electron chi connectivity index (χ3n) is 2.10. The number of hydrogen-bond donors (Lipinski definition) is 1. The molecule has 4 heteroatoms. The molecular formula is C8H12N2OS. The topological polar surface area (TPSA) is 48.1 Å². The lowest BCUT2D eigenvalue weighted by Crippen LogP contribution is -2.14. The summed E-state index contributed by atoms with van der Waals surface area (Å²) in [5.41, 5.74) is 5.55. The fraction of sp³-hybridized carbons (Fsp3) is 0.625. The van der Waals surface area contributed by atoms with Gasteiger partial charge in [0.1, 0.15) is 0 Å². The van der Waals surface area contributed by atoms with E-state index in [0.29, 0.717) is 11.0 Å². The summed E-state index contributed by atoms with van der Waals surface area (Å²) >= 11 is 1.58. The molecule has 0 radical (unpaired) electrons. The van der Waals surface area contributed by atoms with Gasteiger partial charge in [-0.3, -0.25) is 0 Å². The standard InChI is InChI=1S/C8H12N2OS/c9-8-10-4-7(12-8)6-2-1-3-11-5-6/h4,6H,1-3,5H2,(H2,9,10). The van der Waals surface area contributed by atoms with E-state index in [9.17, 15) is 0 Å². The molecule has 1 fully saturated rings. The predicted octanol–water partition coefficient (Wildman–Crippen LogP) is 1.62. The maximum absolute atomic E-state index is 5.55. The van der Waals surface area contributed by atoms with Gasteiger partial charge in [-0.15, -0.1) is 11.3 Å². The van der Waals surface area contributed by atoms with Gasteiger partial charge in [0.2, 0.25) is 0 Å². The SMILES string of the molecule is Nc1ncc(C2CCCOC2)s1. The monoisotopic (exact) mass is 184 g/mol. The number of anilines is 1. The Labute approximate surface area is 75.6 Å². The smallest absolute Gasteiger partial charge is 0.180 e. The van der Waals surface area contributed by atoms with Crippen LogP contribution in [0.1, 0.15) is 23.6 Å². The van der Waals surface area contributed by atoms with Gasteiger partial charge in [-0.1, -0.05) is 0 Å². The molecule has 1 unspecified atom stereocenters. The second kappa shape index (κ2) is 3.41. The minimum atomic E-state index is 0.536. The maximum atomic E-state index is 5.55. The van der Waals surface area contributed by atoms with Crippen LogP contribution in [0.3, 0.4) is 0 Å². The van der Waals surface area contributed by atoms with Gasteiger partial charge in [-0.2, -0.15) is 0 Å². The molecule has 0 aliphatic carbocycles. The van der Waals surface area contributed by atoms with Crippen molar-refractivity contribution in [2.24, 2.45) is 0 Å². The average Bonchev–Trinajstić information content (AvgIpc) is 2.54. The molecule has 1 aliphatic heterocycles. The Morgan fingerprint density at radius 2 is 2.58 bits per heavy atom. The van der Waals surface area contributed by atoms with Crippen LogP contribution < -0.4 is 5.73 Å². The first-order valence-electron chi connectivity index (χ1n) is 4.15. The van der Waals surface area contributed by atoms with Crippen molar-refractivity contribution in [1.82, 2.24) is 4.98 Å². The van der Waals surface area contributed by atoms with Crippen molar-refractivity contribution in [3.8, 4) is 0 Å². The molecule has 2 rings (SSSR count). The van der Waals surface area contributed by atoms with Crippen LogP contribution in [-0.2, 0) is 4.74 Å². The normalized spacial score (nSPS) is 24.2. The Balaban J connectivity index is 2.08. The molecule has 1 saturated heterocycles. The van der Waals surface area contributed by atoms with Crippen molar-refractivity contribution < 1.29 is 4.74 Å². The van der Waals surface area contributed by atoms with Gasteiger partial charge in [0, 0.05) is 23.6 Å². The number of nitrogens with two attached hydrogens (primary N) is 1. The van der Waals surface area contributed by atoms with Crippen molar-refractivity contribution in [3.63, 3.8) is 0 Å². The number of ether oxygens (including phenoxy) is 1. The Morgan fingerprint density at radius 3 is 3.17 bits per heavy atom. The third kappa shape index (κ3) is 1.59. The maximum Gasteiger partial charge on any atom is 0.180 e. The second-order valence-corrected chi connectivity index (χ2v) is 4.11. The highest BCUT2D eigenvalue weighted by Crippen LogP contribution is 2.30. The van der Waals surface area contributed by atoms with Gasteiger partial charge < -0.3 is 10.5 Å². The number of thiazole rings is 1. The molecule has 66 valence electrons. The Morgan fingerprint density at radius 1 is 1.67 bits per heavy atom. The van der Waals surface area contributed by atoms with Crippen molar-refractivity contribution in [3.05, 3.63) is 11.1 Å². The average molecular weight is 184 g/mol. The number of nitrogen functional groups attached to an aromatic ring is 1. The lowest BCUT2D eigenvalue weighted by atomic mass is 10.0. The highest BCUT2D eigenvalue weighted by Gasteiger charge is 2.17. The summed E-state index contributed by atoms with van der Waals surface area (Å²) in [5.74, 6) is 0.536. The molecule has 2 N–H and O–H groups in total. The van der Waals surface area contributed by atoms with E-state index in [2.05, 4.69) is 4.98 Å². The van der Waals surface area contributed by atoms with E-state index in [-0.39, 0.29) is 0 Å². The molecule has 1 aromatic rings. The van der Waals surface area contributed by atoms with Crippen molar-refractivity contribution >= 4 is 16.5 Å². The zero-order valence-electron chi connectivity index (χ0n) is 6.82. The molecule has 0 amide bonds. The summed E-state index contributed by atoms with van der Waals surface area (Å²) in [7, 11) is 0. The van der Waals surface area contributed by atoms with Crippen LogP contribution in [0.4, 0.5) is 5.13 Å². The lowest BCUT2D eigenvalue weighted by Gasteiger charge is -2.20. The summed E-state index contributed by atoms with van der Waals surface area (Å²) in [6.45, 7) is 1.74. The first-order valence-corrected chi connectivity index (χ1v) is 4.97. The van der Waals surface area contributed by atoms with E-state index in [1.807, 2.05) is 6.20 Å². The van der Waals surface area contributed by atoms with Crippen molar-refractivity contribution in [1.29, 1.82) is 0 Å². The van der Waals surface area contributed by atoms with Gasteiger partial charge >= 0.3 is 0 Å². The zero-order chi connectivity index (χ0) is 8.39. The van der Waals surface area contributed by atoms with Gasteiger partial charge in [0.25, 0.3) is 0 Å². The summed E-state index contributed by atoms with van der Waals surface area (Å²) in [6.07, 6.45) is 4.24. The van der Waals surface area contributed by atoms with Gasteiger partial charge in [-0.25, -0.2) is 4.98 Å². The number of nitrogens with zero attached hydrogens (tertiary/aromatic N) is 1. The van der Waals surface area contributed by atoms with Crippen LogP contribution in [-0.4, -0.2) is 18.2 Å². The van der Waals surface area contributed by atoms with E-state index in [0.717, 1.165) is 19.6 Å². The van der Waals surface area contributed by atoms with Crippen molar-refractivity contribution in [2.45, 2.75) is 18.8 Å². The van der Waals surface area contributed by atoms with Crippen molar-refractivity contribution in [2.75, 3.05) is 18.9 Å². The Hall–Kier alpha value is -0.610. The molecule has 1 aromatic heterocycles. The first-order chi connectivity index (χ1) is 5.86. The molecule has 0 bridgehead atoms. The summed E-state index contributed by atoms with van der Waals surface area (Å²) in [4.78, 5) is 5.30. The lowest BCUT2D eigenvalue weighted by molar-refractivity contribution is 0.0813. The van der Waals surface area contributed by atoms with Gasteiger partial charge in [-0.05, 0) is 12.8 Å². The Bertz CT molecular complexity index is 255. The molecule has 2 heterocycles. The predicted molar refractivity (Wildman–Crippen MR) is 49.3 cm³/mol. The van der Waals surface area contributed by atoms with E-state index in [1.54, 1.807) is 11.3 Å².